The Morgan fingerprint density at radius 2 is 1.89 bits per heavy atom. The highest BCUT2D eigenvalue weighted by molar-refractivity contribution is 7.80. The van der Waals surface area contributed by atoms with Crippen LogP contribution in [0.15, 0.2) is 48.5 Å². The molecule has 4 heteroatoms. The van der Waals surface area contributed by atoms with Crippen molar-refractivity contribution in [2.45, 2.75) is 6.54 Å². The van der Waals surface area contributed by atoms with Crippen molar-refractivity contribution in [2.24, 2.45) is 5.73 Å². The van der Waals surface area contributed by atoms with Crippen LogP contribution < -0.4 is 10.6 Å². The fraction of sp³-hybridized carbons (Fsp3) is 0.133. The van der Waals surface area contributed by atoms with Gasteiger partial charge in [-0.3, -0.25) is 0 Å². The molecule has 19 heavy (non-hydrogen) atoms. The Kier molecular flexibility index (Phi) is 4.12. The van der Waals surface area contributed by atoms with Crippen LogP contribution in [-0.4, -0.2) is 12.0 Å². The van der Waals surface area contributed by atoms with Crippen LogP contribution in [0.4, 0.5) is 10.1 Å². The monoisotopic (exact) mass is 274 g/mol. The molecule has 0 fully saturated rings. The topological polar surface area (TPSA) is 29.3 Å². The second-order valence-electron chi connectivity index (χ2n) is 4.40. The van der Waals surface area contributed by atoms with Crippen LogP contribution >= 0.6 is 12.2 Å². The summed E-state index contributed by atoms with van der Waals surface area (Å²) >= 11 is 4.97. The van der Waals surface area contributed by atoms with Crippen molar-refractivity contribution in [3.05, 3.63) is 65.5 Å². The molecule has 0 aliphatic rings. The molecule has 2 aromatic carbocycles. The van der Waals surface area contributed by atoms with Crippen LogP contribution in [-0.2, 0) is 6.54 Å². The van der Waals surface area contributed by atoms with Gasteiger partial charge < -0.3 is 10.6 Å². The molecule has 2 nitrogen and oxygen atoms in total. The lowest BCUT2D eigenvalue weighted by Gasteiger charge is -2.20. The highest BCUT2D eigenvalue weighted by atomic mass is 32.1. The van der Waals surface area contributed by atoms with Gasteiger partial charge in [-0.05, 0) is 29.8 Å². The molecular formula is C15H15FN2S. The van der Waals surface area contributed by atoms with Crippen LogP contribution in [0, 0.1) is 5.82 Å². The molecule has 0 bridgehead atoms. The highest BCUT2D eigenvalue weighted by Gasteiger charge is 2.04. The number of benzene rings is 2. The molecular weight excluding hydrogens is 259 g/mol. The van der Waals surface area contributed by atoms with E-state index >= 15 is 0 Å². The number of anilines is 1. The van der Waals surface area contributed by atoms with E-state index in [9.17, 15) is 4.39 Å². The third-order valence-electron chi connectivity index (χ3n) is 2.90. The molecule has 0 spiro atoms. The van der Waals surface area contributed by atoms with Crippen molar-refractivity contribution >= 4 is 22.9 Å². The van der Waals surface area contributed by atoms with Gasteiger partial charge in [0, 0.05) is 24.8 Å². The number of nitrogens with two attached hydrogens (primary N) is 1. The molecule has 0 aliphatic heterocycles. The molecule has 2 aromatic rings. The van der Waals surface area contributed by atoms with E-state index in [2.05, 4.69) is 4.90 Å². The van der Waals surface area contributed by atoms with Crippen molar-refractivity contribution in [3.63, 3.8) is 0 Å². The molecule has 2 N–H and O–H groups in total. The zero-order chi connectivity index (χ0) is 13.8. The summed E-state index contributed by atoms with van der Waals surface area (Å²) in [6.45, 7) is 0.696. The highest BCUT2D eigenvalue weighted by Crippen LogP contribution is 2.17. The van der Waals surface area contributed by atoms with Crippen LogP contribution in [0.25, 0.3) is 0 Å². The Morgan fingerprint density at radius 1 is 1.21 bits per heavy atom. The van der Waals surface area contributed by atoms with Gasteiger partial charge in [0.2, 0.25) is 0 Å². The van der Waals surface area contributed by atoms with Gasteiger partial charge in [-0.2, -0.15) is 0 Å². The fourth-order valence-electron chi connectivity index (χ4n) is 1.85. The second kappa shape index (κ2) is 5.80. The SMILES string of the molecule is CN(Cc1ccc(F)cc1)c1cccc(C(N)=S)c1. The molecule has 0 amide bonds. The number of rotatable bonds is 4. The Balaban J connectivity index is 2.15. The zero-order valence-corrected chi connectivity index (χ0v) is 11.5. The zero-order valence-electron chi connectivity index (χ0n) is 10.6. The maximum absolute atomic E-state index is 12.8. The molecule has 0 radical (unpaired) electrons. The van der Waals surface area contributed by atoms with E-state index in [1.165, 1.54) is 12.1 Å². The van der Waals surface area contributed by atoms with E-state index in [1.807, 2.05) is 31.3 Å². The smallest absolute Gasteiger partial charge is 0.123 e. The van der Waals surface area contributed by atoms with Crippen molar-refractivity contribution in [2.75, 3.05) is 11.9 Å². The van der Waals surface area contributed by atoms with Crippen LogP contribution in [0.5, 0.6) is 0 Å². The Hall–Kier alpha value is -1.94. The van der Waals surface area contributed by atoms with E-state index in [-0.39, 0.29) is 5.82 Å². The minimum absolute atomic E-state index is 0.220. The fourth-order valence-corrected chi connectivity index (χ4v) is 1.98. The van der Waals surface area contributed by atoms with Crippen LogP contribution in [0.1, 0.15) is 11.1 Å². The molecule has 0 saturated carbocycles. The summed E-state index contributed by atoms with van der Waals surface area (Å²) in [4.78, 5) is 2.45. The first-order chi connectivity index (χ1) is 9.06. The summed E-state index contributed by atoms with van der Waals surface area (Å²) in [5, 5.41) is 0. The largest absolute Gasteiger partial charge is 0.389 e. The minimum atomic E-state index is -0.220. The average Bonchev–Trinajstić information content (AvgIpc) is 2.41. The van der Waals surface area contributed by atoms with Crippen LogP contribution in [0.3, 0.4) is 0 Å². The summed E-state index contributed by atoms with van der Waals surface area (Å²) in [7, 11) is 1.97. The molecule has 0 aromatic heterocycles. The van der Waals surface area contributed by atoms with Crippen molar-refractivity contribution in [3.8, 4) is 0 Å². The van der Waals surface area contributed by atoms with Crippen molar-refractivity contribution in [1.82, 2.24) is 0 Å². The van der Waals surface area contributed by atoms with Crippen molar-refractivity contribution < 1.29 is 4.39 Å². The summed E-state index contributed by atoms with van der Waals surface area (Å²) in [6.07, 6.45) is 0. The lowest BCUT2D eigenvalue weighted by Crippen LogP contribution is -2.17. The van der Waals surface area contributed by atoms with Crippen molar-refractivity contribution in [1.29, 1.82) is 0 Å². The summed E-state index contributed by atoms with van der Waals surface area (Å²) < 4.78 is 12.8. The van der Waals surface area contributed by atoms with Gasteiger partial charge in [-0.15, -0.1) is 0 Å². The number of nitrogens with zero attached hydrogens (tertiary/aromatic N) is 1. The number of hydrogen-bond acceptors (Lipinski definition) is 2. The average molecular weight is 274 g/mol. The third kappa shape index (κ3) is 3.51. The summed E-state index contributed by atoms with van der Waals surface area (Å²) in [5.41, 5.74) is 8.54. The first kappa shape index (κ1) is 13.5. The van der Waals surface area contributed by atoms with Crippen LogP contribution in [0.2, 0.25) is 0 Å². The molecule has 2 rings (SSSR count). The van der Waals surface area contributed by atoms with E-state index < -0.39 is 0 Å². The standard InChI is InChI=1S/C15H15FN2S/c1-18(10-11-5-7-13(16)8-6-11)14-4-2-3-12(9-14)15(17)19/h2-9H,10H2,1H3,(H2,17,19). The van der Waals surface area contributed by atoms with Gasteiger partial charge in [0.15, 0.2) is 0 Å². The van der Waals surface area contributed by atoms with Gasteiger partial charge in [-0.1, -0.05) is 36.5 Å². The summed E-state index contributed by atoms with van der Waals surface area (Å²) in [5.74, 6) is -0.220. The maximum atomic E-state index is 12.8. The quantitative estimate of drug-likeness (QED) is 0.869. The van der Waals surface area contributed by atoms with Gasteiger partial charge in [0.25, 0.3) is 0 Å². The minimum Gasteiger partial charge on any atom is -0.389 e. The first-order valence-corrected chi connectivity index (χ1v) is 6.32. The lowest BCUT2D eigenvalue weighted by molar-refractivity contribution is 0.627. The Bertz CT molecular complexity index is 581. The normalized spacial score (nSPS) is 10.2. The predicted octanol–water partition coefficient (Wildman–Crippen LogP) is 3.10. The van der Waals surface area contributed by atoms with E-state index in [0.717, 1.165) is 16.8 Å². The molecule has 0 saturated heterocycles. The van der Waals surface area contributed by atoms with Gasteiger partial charge in [0.05, 0.1) is 0 Å². The molecule has 0 unspecified atom stereocenters. The van der Waals surface area contributed by atoms with E-state index in [1.54, 1.807) is 12.1 Å². The Morgan fingerprint density at radius 3 is 2.53 bits per heavy atom. The molecule has 0 atom stereocenters. The summed E-state index contributed by atoms with van der Waals surface area (Å²) in [6, 6.07) is 14.2. The van der Waals surface area contributed by atoms with E-state index in [4.69, 9.17) is 18.0 Å². The van der Waals surface area contributed by atoms with Gasteiger partial charge in [0.1, 0.15) is 10.8 Å². The lowest BCUT2D eigenvalue weighted by atomic mass is 10.1. The second-order valence-corrected chi connectivity index (χ2v) is 4.84. The van der Waals surface area contributed by atoms with Gasteiger partial charge >= 0.3 is 0 Å². The Labute approximate surface area is 117 Å². The maximum Gasteiger partial charge on any atom is 0.123 e. The number of hydrogen-bond donors (Lipinski definition) is 1. The first-order valence-electron chi connectivity index (χ1n) is 5.92. The molecule has 0 aliphatic carbocycles. The van der Waals surface area contributed by atoms with E-state index in [0.29, 0.717) is 11.5 Å². The molecule has 98 valence electrons. The third-order valence-corrected chi connectivity index (χ3v) is 3.14. The molecule has 0 heterocycles. The number of thiocarbonyl (C=S) groups is 1. The van der Waals surface area contributed by atoms with Gasteiger partial charge in [-0.25, -0.2) is 4.39 Å². The predicted molar refractivity (Wildman–Crippen MR) is 80.8 cm³/mol. The number of halogens is 1.